The molecule has 0 radical (unpaired) electrons. The lowest BCUT2D eigenvalue weighted by atomic mass is 9.96. The number of hydrogen-bond donors (Lipinski definition) is 1. The number of cyclic esters (lactones) is 1. The van der Waals surface area contributed by atoms with Crippen molar-refractivity contribution in [3.05, 3.63) is 112 Å². The van der Waals surface area contributed by atoms with Crippen molar-refractivity contribution in [3.63, 3.8) is 0 Å². The average molecular weight is 442 g/mol. The van der Waals surface area contributed by atoms with Gasteiger partial charge in [0.15, 0.2) is 0 Å². The first kappa shape index (κ1) is 20.4. The molecule has 4 nitrogen and oxygen atoms in total. The van der Waals surface area contributed by atoms with Crippen molar-refractivity contribution in [3.8, 4) is 0 Å². The lowest BCUT2D eigenvalue weighted by molar-refractivity contribution is 0.0234. The van der Waals surface area contributed by atoms with Gasteiger partial charge in [0, 0.05) is 22.4 Å². The summed E-state index contributed by atoms with van der Waals surface area (Å²) < 4.78 is 5.47. The van der Waals surface area contributed by atoms with Crippen molar-refractivity contribution in [2.24, 2.45) is 0 Å². The summed E-state index contributed by atoms with van der Waals surface area (Å²) in [5.41, 5.74) is 4.78. The number of hydrogen-bond acceptors (Lipinski definition) is 4. The minimum absolute atomic E-state index is 0.308. The number of nitrogens with zero attached hydrogens (tertiary/aromatic N) is 1. The molecule has 0 saturated heterocycles. The van der Waals surface area contributed by atoms with Gasteiger partial charge in [-0.25, -0.2) is 9.78 Å². The zero-order chi connectivity index (χ0) is 22.1. The fourth-order valence-electron chi connectivity index (χ4n) is 3.98. The van der Waals surface area contributed by atoms with Gasteiger partial charge in [-0.1, -0.05) is 66.2 Å². The number of halogens is 1. The quantitative estimate of drug-likeness (QED) is 0.364. The highest BCUT2D eigenvalue weighted by Crippen LogP contribution is 2.37. The molecule has 2 atom stereocenters. The van der Waals surface area contributed by atoms with Crippen LogP contribution in [-0.2, 0) is 4.74 Å². The maximum Gasteiger partial charge on any atom is 0.339 e. The maximum absolute atomic E-state index is 12.0. The van der Waals surface area contributed by atoms with Gasteiger partial charge in [0.2, 0.25) is 0 Å². The molecular weight excluding hydrogens is 422 g/mol. The molecule has 4 aromatic rings. The van der Waals surface area contributed by atoms with Crippen molar-refractivity contribution in [1.29, 1.82) is 0 Å². The Morgan fingerprint density at radius 1 is 1.00 bits per heavy atom. The van der Waals surface area contributed by atoms with Gasteiger partial charge in [0.1, 0.15) is 6.10 Å². The summed E-state index contributed by atoms with van der Waals surface area (Å²) in [6, 6.07) is 24.6. The molecule has 0 fully saturated rings. The second-order valence-electron chi connectivity index (χ2n) is 7.81. The lowest BCUT2D eigenvalue weighted by Gasteiger charge is -2.16. The molecule has 2 heterocycles. The molecule has 1 aliphatic heterocycles. The number of carbonyl (C=O) groups is 1. The summed E-state index contributed by atoms with van der Waals surface area (Å²) >= 11 is 6.08. The Bertz CT molecular complexity index is 1350. The van der Waals surface area contributed by atoms with Gasteiger partial charge < -0.3 is 9.84 Å². The third-order valence-corrected chi connectivity index (χ3v) is 5.87. The van der Waals surface area contributed by atoms with Crippen LogP contribution in [0.2, 0.25) is 5.02 Å². The van der Waals surface area contributed by atoms with Crippen molar-refractivity contribution in [2.45, 2.75) is 18.6 Å². The third kappa shape index (κ3) is 4.15. The van der Waals surface area contributed by atoms with Crippen LogP contribution in [0.15, 0.2) is 78.9 Å². The number of carbonyl (C=O) groups excluding carboxylic acids is 1. The molecule has 2 unspecified atom stereocenters. The van der Waals surface area contributed by atoms with Crippen molar-refractivity contribution in [1.82, 2.24) is 4.98 Å². The van der Waals surface area contributed by atoms with Crippen LogP contribution in [0.4, 0.5) is 0 Å². The number of ether oxygens (including phenoxy) is 1. The Morgan fingerprint density at radius 3 is 2.75 bits per heavy atom. The van der Waals surface area contributed by atoms with E-state index in [1.165, 1.54) is 0 Å². The number of aromatic nitrogens is 1. The normalized spacial score (nSPS) is 16.3. The van der Waals surface area contributed by atoms with Gasteiger partial charge in [0.05, 0.1) is 22.9 Å². The Labute approximate surface area is 190 Å². The first-order valence-electron chi connectivity index (χ1n) is 10.4. The standard InChI is InChI=1S/C27H20ClNO3/c28-20-11-9-18-10-13-21(29-24(18)15-20)12-8-17-4-3-5-19(14-17)25(30)16-26-22-6-1-2-7-23(22)27(31)32-26/h1-15,25-26,30H,16H2. The highest BCUT2D eigenvalue weighted by atomic mass is 35.5. The van der Waals surface area contributed by atoms with Crippen LogP contribution in [0.3, 0.4) is 0 Å². The van der Waals surface area contributed by atoms with E-state index < -0.39 is 12.2 Å². The number of fused-ring (bicyclic) bond motifs is 2. The number of pyridine rings is 1. The van der Waals surface area contributed by atoms with E-state index in [9.17, 15) is 9.90 Å². The maximum atomic E-state index is 12.0. The van der Waals surface area contributed by atoms with E-state index in [1.54, 1.807) is 6.07 Å². The Morgan fingerprint density at radius 2 is 1.84 bits per heavy atom. The van der Waals surface area contributed by atoms with E-state index in [0.29, 0.717) is 17.0 Å². The largest absolute Gasteiger partial charge is 0.454 e. The second kappa shape index (κ2) is 8.58. The molecule has 158 valence electrons. The van der Waals surface area contributed by atoms with Gasteiger partial charge in [0.25, 0.3) is 0 Å². The molecular formula is C27H20ClNO3. The van der Waals surface area contributed by atoms with E-state index in [2.05, 4.69) is 4.98 Å². The highest BCUT2D eigenvalue weighted by molar-refractivity contribution is 6.31. The SMILES string of the molecule is O=C1OC(CC(O)c2cccc(C=Cc3ccc4ccc(Cl)cc4n3)c2)c2ccccc21. The van der Waals surface area contributed by atoms with E-state index >= 15 is 0 Å². The van der Waals surface area contributed by atoms with E-state index in [0.717, 1.165) is 33.3 Å². The topological polar surface area (TPSA) is 59.4 Å². The molecule has 32 heavy (non-hydrogen) atoms. The minimum atomic E-state index is -0.756. The van der Waals surface area contributed by atoms with Gasteiger partial charge in [-0.05, 0) is 47.5 Å². The molecule has 0 aliphatic carbocycles. The van der Waals surface area contributed by atoms with Gasteiger partial charge in [-0.3, -0.25) is 0 Å². The van der Waals surface area contributed by atoms with Crippen LogP contribution in [0.1, 0.15) is 51.4 Å². The van der Waals surface area contributed by atoms with Crippen molar-refractivity contribution in [2.75, 3.05) is 0 Å². The van der Waals surface area contributed by atoms with Crippen LogP contribution in [0, 0.1) is 0 Å². The average Bonchev–Trinajstić information content (AvgIpc) is 3.13. The fourth-order valence-corrected chi connectivity index (χ4v) is 4.15. The van der Waals surface area contributed by atoms with Crippen molar-refractivity contribution >= 4 is 40.6 Å². The first-order valence-corrected chi connectivity index (χ1v) is 10.8. The number of rotatable bonds is 5. The van der Waals surface area contributed by atoms with Gasteiger partial charge in [-0.15, -0.1) is 0 Å². The summed E-state index contributed by atoms with van der Waals surface area (Å²) in [6.07, 6.45) is 3.00. The first-order chi connectivity index (χ1) is 15.6. The Balaban J connectivity index is 1.33. The highest BCUT2D eigenvalue weighted by Gasteiger charge is 2.32. The molecule has 5 rings (SSSR count). The summed E-state index contributed by atoms with van der Waals surface area (Å²) in [7, 11) is 0. The number of aliphatic hydroxyl groups is 1. The van der Waals surface area contributed by atoms with E-state index in [1.807, 2.05) is 84.9 Å². The summed E-state index contributed by atoms with van der Waals surface area (Å²) in [4.78, 5) is 16.7. The molecule has 0 spiro atoms. The zero-order valence-corrected chi connectivity index (χ0v) is 17.9. The molecule has 1 N–H and O–H groups in total. The number of esters is 1. The number of aliphatic hydroxyl groups excluding tert-OH is 1. The molecule has 3 aromatic carbocycles. The molecule has 0 saturated carbocycles. The van der Waals surface area contributed by atoms with E-state index in [-0.39, 0.29) is 5.97 Å². The zero-order valence-electron chi connectivity index (χ0n) is 17.1. The van der Waals surface area contributed by atoms with Crippen LogP contribution in [0.5, 0.6) is 0 Å². The summed E-state index contributed by atoms with van der Waals surface area (Å²) in [6.45, 7) is 0. The molecule has 0 bridgehead atoms. The summed E-state index contributed by atoms with van der Waals surface area (Å²) in [5, 5.41) is 12.5. The van der Waals surface area contributed by atoms with Crippen LogP contribution in [0.25, 0.3) is 23.1 Å². The number of benzene rings is 3. The van der Waals surface area contributed by atoms with Crippen LogP contribution >= 0.6 is 11.6 Å². The Hall–Kier alpha value is -3.47. The molecule has 1 aromatic heterocycles. The predicted molar refractivity (Wildman–Crippen MR) is 126 cm³/mol. The molecule has 1 aliphatic rings. The molecule has 0 amide bonds. The van der Waals surface area contributed by atoms with Gasteiger partial charge in [-0.2, -0.15) is 0 Å². The lowest BCUT2D eigenvalue weighted by Crippen LogP contribution is -2.06. The van der Waals surface area contributed by atoms with Crippen LogP contribution < -0.4 is 0 Å². The molecule has 5 heteroatoms. The fraction of sp³-hybridized carbons (Fsp3) is 0.111. The second-order valence-corrected chi connectivity index (χ2v) is 8.25. The summed E-state index contributed by atoms with van der Waals surface area (Å²) in [5.74, 6) is -0.335. The smallest absolute Gasteiger partial charge is 0.339 e. The minimum Gasteiger partial charge on any atom is -0.454 e. The van der Waals surface area contributed by atoms with Gasteiger partial charge >= 0.3 is 5.97 Å². The van der Waals surface area contributed by atoms with Crippen molar-refractivity contribution < 1.29 is 14.6 Å². The third-order valence-electron chi connectivity index (χ3n) is 5.63. The monoisotopic (exact) mass is 441 g/mol. The van der Waals surface area contributed by atoms with E-state index in [4.69, 9.17) is 16.3 Å². The predicted octanol–water partition coefficient (Wildman–Crippen LogP) is 6.39. The Kier molecular flexibility index (Phi) is 5.48. The van der Waals surface area contributed by atoms with Crippen LogP contribution in [-0.4, -0.2) is 16.1 Å².